The number of carbonyl (C=O) groups is 1. The Balaban J connectivity index is 1.50. The Morgan fingerprint density at radius 3 is 2.57 bits per heavy atom. The van der Waals surface area contributed by atoms with Gasteiger partial charge in [0.05, 0.1) is 12.8 Å². The van der Waals surface area contributed by atoms with Crippen LogP contribution in [0.5, 0.6) is 11.6 Å². The SMILES string of the molecule is COCc1cc(C)nc(OCC(=O)N/N=C/c2ccc(OCc3ccc(Cl)cc3Cl)cc2)c1C#N. The van der Waals surface area contributed by atoms with Gasteiger partial charge in [-0.15, -0.1) is 0 Å². The summed E-state index contributed by atoms with van der Waals surface area (Å²) in [4.78, 5) is 16.3. The van der Waals surface area contributed by atoms with Crippen molar-refractivity contribution in [1.29, 1.82) is 5.26 Å². The normalized spacial score (nSPS) is 10.7. The van der Waals surface area contributed by atoms with E-state index in [1.165, 1.54) is 13.3 Å². The van der Waals surface area contributed by atoms with Crippen LogP contribution in [0.2, 0.25) is 10.0 Å². The molecule has 3 aromatic rings. The van der Waals surface area contributed by atoms with E-state index in [-0.39, 0.29) is 24.7 Å². The van der Waals surface area contributed by atoms with Crippen molar-refractivity contribution >= 4 is 35.3 Å². The third-order valence-corrected chi connectivity index (χ3v) is 5.23. The third-order valence-electron chi connectivity index (χ3n) is 4.64. The fraction of sp³-hybridized carbons (Fsp3) is 0.200. The van der Waals surface area contributed by atoms with Gasteiger partial charge in [-0.05, 0) is 55.0 Å². The fourth-order valence-corrected chi connectivity index (χ4v) is 3.46. The molecule has 1 amide bonds. The zero-order chi connectivity index (χ0) is 25.2. The molecule has 3 rings (SSSR count). The minimum Gasteiger partial charge on any atom is -0.489 e. The first-order valence-electron chi connectivity index (χ1n) is 10.4. The molecule has 1 heterocycles. The predicted molar refractivity (Wildman–Crippen MR) is 133 cm³/mol. The number of aromatic nitrogens is 1. The number of aryl methyl sites for hydroxylation is 1. The van der Waals surface area contributed by atoms with E-state index in [4.69, 9.17) is 37.4 Å². The van der Waals surface area contributed by atoms with Crippen molar-refractivity contribution in [3.8, 4) is 17.7 Å². The molecule has 35 heavy (non-hydrogen) atoms. The number of methoxy groups -OCH3 is 1. The van der Waals surface area contributed by atoms with Gasteiger partial charge in [0, 0.05) is 34.0 Å². The zero-order valence-corrected chi connectivity index (χ0v) is 20.6. The van der Waals surface area contributed by atoms with Gasteiger partial charge < -0.3 is 14.2 Å². The summed E-state index contributed by atoms with van der Waals surface area (Å²) in [6.45, 7) is 1.95. The number of pyridine rings is 1. The van der Waals surface area contributed by atoms with E-state index < -0.39 is 5.91 Å². The second kappa shape index (κ2) is 12.7. The molecule has 0 spiro atoms. The average molecular weight is 513 g/mol. The summed E-state index contributed by atoms with van der Waals surface area (Å²) in [5.74, 6) is 0.230. The second-order valence-corrected chi connectivity index (χ2v) is 8.17. The molecule has 0 atom stereocenters. The molecule has 8 nitrogen and oxygen atoms in total. The fourth-order valence-electron chi connectivity index (χ4n) is 3.00. The average Bonchev–Trinajstić information content (AvgIpc) is 2.83. The topological polar surface area (TPSA) is 106 Å². The highest BCUT2D eigenvalue weighted by Gasteiger charge is 2.14. The van der Waals surface area contributed by atoms with Gasteiger partial charge in [-0.1, -0.05) is 29.3 Å². The minimum absolute atomic E-state index is 0.0779. The van der Waals surface area contributed by atoms with Gasteiger partial charge in [0.2, 0.25) is 5.88 Å². The number of carbonyl (C=O) groups excluding carboxylic acids is 1. The van der Waals surface area contributed by atoms with E-state index in [2.05, 4.69) is 15.5 Å². The molecule has 0 aliphatic carbocycles. The molecule has 1 aromatic heterocycles. The van der Waals surface area contributed by atoms with Crippen molar-refractivity contribution in [3.63, 3.8) is 0 Å². The van der Waals surface area contributed by atoms with E-state index in [9.17, 15) is 10.1 Å². The summed E-state index contributed by atoms with van der Waals surface area (Å²) >= 11 is 12.1. The lowest BCUT2D eigenvalue weighted by Gasteiger charge is -2.10. The molecule has 0 aliphatic heterocycles. The standard InChI is InChI=1S/C25H22Cl2N4O4/c1-16-9-19(13-33-2)22(11-28)25(30-16)35-15-24(32)31-29-12-17-3-7-21(8-4-17)34-14-18-5-6-20(26)10-23(18)27/h3-10,12H,13-15H2,1-2H3,(H,31,32)/b29-12+. The number of nitrogens with zero attached hydrogens (tertiary/aromatic N) is 3. The maximum Gasteiger partial charge on any atom is 0.278 e. The van der Waals surface area contributed by atoms with Gasteiger partial charge in [-0.2, -0.15) is 10.4 Å². The smallest absolute Gasteiger partial charge is 0.278 e. The Labute approximate surface area is 213 Å². The summed E-state index contributed by atoms with van der Waals surface area (Å²) in [5, 5.41) is 14.4. The molecule has 0 unspecified atom stereocenters. The van der Waals surface area contributed by atoms with Crippen molar-refractivity contribution in [2.24, 2.45) is 5.10 Å². The van der Waals surface area contributed by atoms with Crippen molar-refractivity contribution in [1.82, 2.24) is 10.4 Å². The van der Waals surface area contributed by atoms with Gasteiger partial charge in [0.25, 0.3) is 5.91 Å². The first-order valence-corrected chi connectivity index (χ1v) is 11.2. The number of hydrogen-bond acceptors (Lipinski definition) is 7. The Bertz CT molecular complexity index is 1260. The van der Waals surface area contributed by atoms with E-state index in [1.54, 1.807) is 49.4 Å². The largest absolute Gasteiger partial charge is 0.489 e. The quantitative estimate of drug-likeness (QED) is 0.308. The molecule has 0 fully saturated rings. The van der Waals surface area contributed by atoms with Crippen molar-refractivity contribution in [2.75, 3.05) is 13.7 Å². The molecule has 0 saturated carbocycles. The van der Waals surface area contributed by atoms with Gasteiger partial charge in [-0.3, -0.25) is 4.79 Å². The van der Waals surface area contributed by atoms with Crippen molar-refractivity contribution < 1.29 is 19.0 Å². The van der Waals surface area contributed by atoms with Crippen LogP contribution in [0.4, 0.5) is 0 Å². The van der Waals surface area contributed by atoms with Gasteiger partial charge in [0.1, 0.15) is 24.0 Å². The highest BCUT2D eigenvalue weighted by atomic mass is 35.5. The first kappa shape index (κ1) is 26.0. The Morgan fingerprint density at radius 1 is 1.11 bits per heavy atom. The number of nitriles is 1. The lowest BCUT2D eigenvalue weighted by molar-refractivity contribution is -0.123. The van der Waals surface area contributed by atoms with Crippen LogP contribution >= 0.6 is 23.2 Å². The van der Waals surface area contributed by atoms with Crippen molar-refractivity contribution in [3.05, 3.63) is 86.5 Å². The summed E-state index contributed by atoms with van der Waals surface area (Å²) < 4.78 is 16.3. The minimum atomic E-state index is -0.499. The first-order chi connectivity index (χ1) is 16.9. The Hall–Kier alpha value is -3.64. The highest BCUT2D eigenvalue weighted by molar-refractivity contribution is 6.35. The summed E-state index contributed by atoms with van der Waals surface area (Å²) in [5.41, 5.74) is 5.47. The highest BCUT2D eigenvalue weighted by Crippen LogP contribution is 2.23. The summed E-state index contributed by atoms with van der Waals surface area (Å²) in [7, 11) is 1.53. The van der Waals surface area contributed by atoms with E-state index in [0.717, 1.165) is 11.1 Å². The van der Waals surface area contributed by atoms with Crippen LogP contribution < -0.4 is 14.9 Å². The number of amides is 1. The molecular weight excluding hydrogens is 491 g/mol. The molecule has 2 aromatic carbocycles. The van der Waals surface area contributed by atoms with Crippen LogP contribution in [0.25, 0.3) is 0 Å². The van der Waals surface area contributed by atoms with Crippen LogP contribution in [0.15, 0.2) is 53.6 Å². The molecule has 10 heteroatoms. The van der Waals surface area contributed by atoms with Crippen LogP contribution in [-0.4, -0.2) is 30.8 Å². The molecule has 0 saturated heterocycles. The number of benzene rings is 2. The summed E-state index contributed by atoms with van der Waals surface area (Å²) in [6.07, 6.45) is 1.49. The molecule has 1 N–H and O–H groups in total. The molecular formula is C25H22Cl2N4O4. The lowest BCUT2D eigenvalue weighted by Crippen LogP contribution is -2.25. The van der Waals surface area contributed by atoms with E-state index in [0.29, 0.717) is 33.7 Å². The van der Waals surface area contributed by atoms with Crippen LogP contribution in [0, 0.1) is 18.3 Å². The number of hydrogen-bond donors (Lipinski definition) is 1. The predicted octanol–water partition coefficient (Wildman–Crippen LogP) is 4.82. The van der Waals surface area contributed by atoms with E-state index >= 15 is 0 Å². The zero-order valence-electron chi connectivity index (χ0n) is 19.0. The van der Waals surface area contributed by atoms with Crippen LogP contribution in [0.1, 0.15) is 27.9 Å². The maximum absolute atomic E-state index is 12.1. The lowest BCUT2D eigenvalue weighted by atomic mass is 10.1. The van der Waals surface area contributed by atoms with Crippen molar-refractivity contribution in [2.45, 2.75) is 20.1 Å². The Kier molecular flexibility index (Phi) is 9.44. The molecule has 180 valence electrons. The van der Waals surface area contributed by atoms with Crippen LogP contribution in [0.3, 0.4) is 0 Å². The number of rotatable bonds is 10. The van der Waals surface area contributed by atoms with Gasteiger partial charge >= 0.3 is 0 Å². The molecule has 0 aliphatic rings. The van der Waals surface area contributed by atoms with E-state index in [1.807, 2.05) is 12.1 Å². The van der Waals surface area contributed by atoms with Gasteiger partial charge in [-0.25, -0.2) is 10.4 Å². The molecule has 0 radical (unpaired) electrons. The Morgan fingerprint density at radius 2 is 1.89 bits per heavy atom. The third kappa shape index (κ3) is 7.69. The maximum atomic E-state index is 12.1. The number of nitrogens with one attached hydrogen (secondary N) is 1. The monoisotopic (exact) mass is 512 g/mol. The second-order valence-electron chi connectivity index (χ2n) is 7.32. The number of halogens is 2. The van der Waals surface area contributed by atoms with Crippen LogP contribution in [-0.2, 0) is 22.7 Å². The number of hydrazone groups is 1. The molecule has 0 bridgehead atoms. The van der Waals surface area contributed by atoms with Gasteiger partial charge in [0.15, 0.2) is 6.61 Å². The summed E-state index contributed by atoms with van der Waals surface area (Å²) in [6, 6.07) is 16.1. The number of ether oxygens (including phenoxy) is 3.